The normalized spacial score (nSPS) is 15.7. The van der Waals surface area contributed by atoms with E-state index >= 15 is 0 Å². The van der Waals surface area contributed by atoms with Gasteiger partial charge >= 0.3 is 0 Å². The lowest BCUT2D eigenvalue weighted by Crippen LogP contribution is -2.29. The van der Waals surface area contributed by atoms with Gasteiger partial charge in [-0.15, -0.1) is 0 Å². The standard InChI is InChI=1S/C6H14O3/c1-6(2,3)5(8)9-4-7/h5,7-8H,4H2,1-3H3. The molecule has 0 saturated heterocycles. The van der Waals surface area contributed by atoms with Gasteiger partial charge in [-0.1, -0.05) is 20.8 Å². The fraction of sp³-hybridized carbons (Fsp3) is 1.00. The third-order valence-corrected chi connectivity index (χ3v) is 0.973. The maximum Gasteiger partial charge on any atom is 0.162 e. The molecule has 0 spiro atoms. The van der Waals surface area contributed by atoms with Crippen molar-refractivity contribution >= 4 is 0 Å². The Bertz CT molecular complexity index is 74.9. The first-order valence-corrected chi connectivity index (χ1v) is 2.89. The minimum atomic E-state index is -0.887. The van der Waals surface area contributed by atoms with Crippen molar-refractivity contribution in [2.75, 3.05) is 6.79 Å². The summed E-state index contributed by atoms with van der Waals surface area (Å²) in [6, 6.07) is 0. The van der Waals surface area contributed by atoms with Crippen molar-refractivity contribution in [3.05, 3.63) is 0 Å². The summed E-state index contributed by atoms with van der Waals surface area (Å²) in [5, 5.41) is 17.2. The zero-order valence-electron chi connectivity index (χ0n) is 6.09. The first-order chi connectivity index (χ1) is 3.98. The largest absolute Gasteiger partial charge is 0.371 e. The van der Waals surface area contributed by atoms with Crippen molar-refractivity contribution in [1.29, 1.82) is 0 Å². The summed E-state index contributed by atoms with van der Waals surface area (Å²) in [6.45, 7) is 5.05. The van der Waals surface area contributed by atoms with Gasteiger partial charge in [0, 0.05) is 5.41 Å². The second-order valence-electron chi connectivity index (χ2n) is 3.01. The molecule has 0 aliphatic rings. The molecule has 0 aliphatic carbocycles. The van der Waals surface area contributed by atoms with Crippen LogP contribution in [0.25, 0.3) is 0 Å². The van der Waals surface area contributed by atoms with Crippen LogP contribution in [0.2, 0.25) is 0 Å². The highest BCUT2D eigenvalue weighted by Gasteiger charge is 2.21. The van der Waals surface area contributed by atoms with Crippen molar-refractivity contribution in [2.24, 2.45) is 5.41 Å². The lowest BCUT2D eigenvalue weighted by molar-refractivity contribution is -0.196. The second kappa shape index (κ2) is 3.15. The van der Waals surface area contributed by atoms with E-state index in [4.69, 9.17) is 10.2 Å². The minimum absolute atomic E-state index is 0.317. The van der Waals surface area contributed by atoms with Crippen molar-refractivity contribution in [3.63, 3.8) is 0 Å². The van der Waals surface area contributed by atoms with E-state index in [1.807, 2.05) is 20.8 Å². The van der Waals surface area contributed by atoms with E-state index in [0.717, 1.165) is 0 Å². The van der Waals surface area contributed by atoms with Crippen LogP contribution in [0.4, 0.5) is 0 Å². The van der Waals surface area contributed by atoms with E-state index in [2.05, 4.69) is 4.74 Å². The maximum atomic E-state index is 9.00. The average Bonchev–Trinajstić information content (AvgIpc) is 1.64. The lowest BCUT2D eigenvalue weighted by Gasteiger charge is -2.24. The molecule has 3 nitrogen and oxygen atoms in total. The Morgan fingerprint density at radius 3 is 2.00 bits per heavy atom. The van der Waals surface area contributed by atoms with E-state index in [1.165, 1.54) is 0 Å². The predicted octanol–water partition coefficient (Wildman–Crippen LogP) is 0.317. The van der Waals surface area contributed by atoms with Crippen LogP contribution >= 0.6 is 0 Å². The van der Waals surface area contributed by atoms with Crippen molar-refractivity contribution in [1.82, 2.24) is 0 Å². The van der Waals surface area contributed by atoms with Gasteiger partial charge in [0.1, 0.15) is 6.79 Å². The monoisotopic (exact) mass is 134 g/mol. The number of ether oxygens (including phenoxy) is 1. The topological polar surface area (TPSA) is 49.7 Å². The molecular formula is C6H14O3. The Balaban J connectivity index is 3.59. The number of aliphatic hydroxyl groups excluding tert-OH is 2. The van der Waals surface area contributed by atoms with Crippen LogP contribution in [0.5, 0.6) is 0 Å². The summed E-state index contributed by atoms with van der Waals surface area (Å²) >= 11 is 0. The number of hydrogen-bond acceptors (Lipinski definition) is 3. The zero-order chi connectivity index (χ0) is 7.49. The van der Waals surface area contributed by atoms with E-state index in [0.29, 0.717) is 0 Å². The van der Waals surface area contributed by atoms with Crippen LogP contribution in [-0.4, -0.2) is 23.3 Å². The molecule has 3 heteroatoms. The Morgan fingerprint density at radius 2 is 1.89 bits per heavy atom. The SMILES string of the molecule is CC(C)(C)C(O)OCO. The summed E-state index contributed by atoms with van der Waals surface area (Å²) in [5.74, 6) is 0. The van der Waals surface area contributed by atoms with Crippen LogP contribution < -0.4 is 0 Å². The summed E-state index contributed by atoms with van der Waals surface area (Å²) in [6.07, 6.45) is -0.887. The highest BCUT2D eigenvalue weighted by molar-refractivity contribution is 4.63. The van der Waals surface area contributed by atoms with Crippen LogP contribution in [0, 0.1) is 5.41 Å². The molecule has 0 fully saturated rings. The first-order valence-electron chi connectivity index (χ1n) is 2.89. The number of aliphatic hydroxyl groups is 2. The van der Waals surface area contributed by atoms with Crippen molar-refractivity contribution in [3.8, 4) is 0 Å². The zero-order valence-corrected chi connectivity index (χ0v) is 6.09. The van der Waals surface area contributed by atoms with Crippen LogP contribution in [-0.2, 0) is 4.74 Å². The molecule has 56 valence electrons. The fourth-order valence-corrected chi connectivity index (χ4v) is 0.321. The third-order valence-electron chi connectivity index (χ3n) is 0.973. The Labute approximate surface area is 55.3 Å². The van der Waals surface area contributed by atoms with Gasteiger partial charge in [-0.2, -0.15) is 0 Å². The van der Waals surface area contributed by atoms with Gasteiger partial charge in [-0.3, -0.25) is 0 Å². The second-order valence-corrected chi connectivity index (χ2v) is 3.01. The summed E-state index contributed by atoms with van der Waals surface area (Å²) in [5.41, 5.74) is -0.317. The number of hydrogen-bond donors (Lipinski definition) is 2. The van der Waals surface area contributed by atoms with Gasteiger partial charge in [0.25, 0.3) is 0 Å². The predicted molar refractivity (Wildman–Crippen MR) is 33.6 cm³/mol. The van der Waals surface area contributed by atoms with E-state index in [1.54, 1.807) is 0 Å². The van der Waals surface area contributed by atoms with Crippen LogP contribution in [0.1, 0.15) is 20.8 Å². The molecule has 0 aromatic carbocycles. The smallest absolute Gasteiger partial charge is 0.162 e. The number of rotatable bonds is 2. The molecule has 0 heterocycles. The fourth-order valence-electron chi connectivity index (χ4n) is 0.321. The van der Waals surface area contributed by atoms with Gasteiger partial charge < -0.3 is 14.9 Å². The van der Waals surface area contributed by atoms with Crippen molar-refractivity contribution in [2.45, 2.75) is 27.1 Å². The molecule has 0 saturated carbocycles. The molecule has 0 aromatic rings. The minimum Gasteiger partial charge on any atom is -0.371 e. The summed E-state index contributed by atoms with van der Waals surface area (Å²) in [7, 11) is 0. The maximum absolute atomic E-state index is 9.00. The molecule has 9 heavy (non-hydrogen) atoms. The molecular weight excluding hydrogens is 120 g/mol. The highest BCUT2D eigenvalue weighted by Crippen LogP contribution is 2.19. The van der Waals surface area contributed by atoms with E-state index < -0.39 is 13.1 Å². The molecule has 0 aromatic heterocycles. The molecule has 1 unspecified atom stereocenters. The Morgan fingerprint density at radius 1 is 1.44 bits per heavy atom. The molecule has 0 radical (unpaired) electrons. The summed E-state index contributed by atoms with van der Waals surface area (Å²) in [4.78, 5) is 0. The van der Waals surface area contributed by atoms with E-state index in [-0.39, 0.29) is 5.41 Å². The quantitative estimate of drug-likeness (QED) is 0.535. The van der Waals surface area contributed by atoms with Gasteiger partial charge in [0.05, 0.1) is 0 Å². The molecule has 1 atom stereocenters. The molecule has 2 N–H and O–H groups in total. The Kier molecular flexibility index (Phi) is 3.11. The molecule has 0 aliphatic heterocycles. The van der Waals surface area contributed by atoms with E-state index in [9.17, 15) is 0 Å². The van der Waals surface area contributed by atoms with Crippen LogP contribution in [0.3, 0.4) is 0 Å². The average molecular weight is 134 g/mol. The third kappa shape index (κ3) is 3.46. The van der Waals surface area contributed by atoms with Gasteiger partial charge in [0.2, 0.25) is 0 Å². The Hall–Kier alpha value is -0.120. The molecule has 0 rings (SSSR count). The van der Waals surface area contributed by atoms with Crippen molar-refractivity contribution < 1.29 is 14.9 Å². The summed E-state index contributed by atoms with van der Waals surface area (Å²) < 4.78 is 4.52. The molecule has 0 bridgehead atoms. The molecule has 0 amide bonds. The van der Waals surface area contributed by atoms with Gasteiger partial charge in [-0.25, -0.2) is 0 Å². The van der Waals surface area contributed by atoms with Crippen LogP contribution in [0.15, 0.2) is 0 Å². The first kappa shape index (κ1) is 8.88. The van der Waals surface area contributed by atoms with Gasteiger partial charge in [-0.05, 0) is 0 Å². The van der Waals surface area contributed by atoms with Gasteiger partial charge in [0.15, 0.2) is 6.29 Å². The highest BCUT2D eigenvalue weighted by atomic mass is 16.7. The lowest BCUT2D eigenvalue weighted by atomic mass is 9.96.